The molecule has 2 aliphatic heterocycles. The van der Waals surface area contributed by atoms with Crippen molar-refractivity contribution >= 4 is 68.3 Å². The molecule has 0 saturated heterocycles. The monoisotopic (exact) mass is 980 g/mol. The van der Waals surface area contributed by atoms with Crippen molar-refractivity contribution in [1.29, 1.82) is 0 Å². The van der Waals surface area contributed by atoms with Gasteiger partial charge in [0.2, 0.25) is 0 Å². The van der Waals surface area contributed by atoms with Crippen LogP contribution in [-0.4, -0.2) is 11.3 Å². The lowest BCUT2D eigenvalue weighted by atomic mass is 9.35. The van der Waals surface area contributed by atoms with Crippen LogP contribution < -0.4 is 26.4 Å². The topological polar surface area (TPSA) is 24.6 Å². The maximum Gasteiger partial charge on any atom is 0.297 e. The largest absolute Gasteiger partial charge is 0.472 e. The summed E-state index contributed by atoms with van der Waals surface area (Å²) in [6.45, 7) is 41.8. The molecule has 7 aromatic rings. The second-order valence-corrected chi connectivity index (χ2v) is 29.7. The van der Waals surface area contributed by atoms with Crippen LogP contribution in [0.15, 0.2) is 95.4 Å². The summed E-state index contributed by atoms with van der Waals surface area (Å²) in [5, 5.41) is 1.37. The Morgan fingerprint density at radius 3 is 1.50 bits per heavy atom. The van der Waals surface area contributed by atoms with E-state index in [-0.39, 0.29) is 50.0 Å². The maximum atomic E-state index is 7.93. The Balaban J connectivity index is 1.19. The molecule has 0 radical (unpaired) electrons. The fourth-order valence-corrected chi connectivity index (χ4v) is 15.7. The first-order valence-electron chi connectivity index (χ1n) is 28.6. The molecule has 4 aliphatic carbocycles. The molecule has 5 aromatic carbocycles. The van der Waals surface area contributed by atoms with Crippen LogP contribution >= 0.6 is 0 Å². The summed E-state index contributed by atoms with van der Waals surface area (Å²) in [6, 6.07) is 36.8. The van der Waals surface area contributed by atoms with E-state index < -0.39 is 0 Å². The van der Waals surface area contributed by atoms with E-state index in [1.807, 2.05) is 0 Å². The minimum atomic E-state index is -0.141. The van der Waals surface area contributed by atoms with Crippen molar-refractivity contribution in [3.63, 3.8) is 0 Å². The van der Waals surface area contributed by atoms with E-state index in [0.717, 1.165) is 31.3 Å². The van der Waals surface area contributed by atoms with Crippen molar-refractivity contribution in [3.8, 4) is 5.69 Å². The maximum absolute atomic E-state index is 7.93. The van der Waals surface area contributed by atoms with Crippen molar-refractivity contribution < 1.29 is 4.42 Å². The predicted octanol–water partition coefficient (Wildman–Crippen LogP) is 17.0. The summed E-state index contributed by atoms with van der Waals surface area (Å²) in [4.78, 5) is 5.42. The molecule has 0 unspecified atom stereocenters. The summed E-state index contributed by atoms with van der Waals surface area (Å²) < 4.78 is 10.6. The SMILES string of the molecule is Cc1cc2c3c(c1)N(c1ccc4c(c1)C(C)(C)CCC4(C)C)c1c(oc4c1C(C)(C)CCC4(C)C)B3c1cc3c(cc1N2c1ccc2c(c1)C(C)(C)CCC2(C)C)c1c(n3-c2ccccc2)C(C)(C)CCC1(C)C. The van der Waals surface area contributed by atoms with Crippen LogP contribution in [0.2, 0.25) is 0 Å². The Morgan fingerprint density at radius 2 is 0.919 bits per heavy atom. The lowest BCUT2D eigenvalue weighted by Gasteiger charge is -2.46. The second-order valence-electron chi connectivity index (χ2n) is 29.7. The smallest absolute Gasteiger partial charge is 0.297 e. The number of aryl methyl sites for hydroxylation is 1. The molecule has 0 fully saturated rings. The predicted molar refractivity (Wildman–Crippen MR) is 315 cm³/mol. The molecule has 382 valence electrons. The van der Waals surface area contributed by atoms with E-state index in [1.165, 1.54) is 138 Å². The van der Waals surface area contributed by atoms with Crippen LogP contribution in [0.5, 0.6) is 0 Å². The van der Waals surface area contributed by atoms with Crippen LogP contribution in [-0.2, 0) is 43.3 Å². The van der Waals surface area contributed by atoms with Crippen LogP contribution in [0, 0.1) is 6.92 Å². The Hall–Kier alpha value is -5.42. The molecule has 0 N–H and O–H groups in total. The second kappa shape index (κ2) is 14.9. The number of fused-ring (bicyclic) bond motifs is 11. The highest BCUT2D eigenvalue weighted by molar-refractivity contribution is 6.99. The van der Waals surface area contributed by atoms with Gasteiger partial charge in [0.05, 0.1) is 16.9 Å². The van der Waals surface area contributed by atoms with Crippen LogP contribution in [0.4, 0.5) is 34.1 Å². The quantitative estimate of drug-likeness (QED) is 0.165. The summed E-state index contributed by atoms with van der Waals surface area (Å²) >= 11 is 0. The summed E-state index contributed by atoms with van der Waals surface area (Å²) in [5.41, 5.74) is 25.5. The number of para-hydroxylation sites is 1. The third-order valence-electron chi connectivity index (χ3n) is 20.7. The van der Waals surface area contributed by atoms with Gasteiger partial charge in [0, 0.05) is 61.6 Å². The zero-order valence-electron chi connectivity index (χ0n) is 48.1. The number of furan rings is 1. The van der Waals surface area contributed by atoms with Gasteiger partial charge in [0.15, 0.2) is 0 Å². The molecule has 0 amide bonds. The Bertz CT molecular complexity index is 3550. The molecule has 0 saturated carbocycles. The number of anilines is 6. The lowest BCUT2D eigenvalue weighted by molar-refractivity contribution is 0.282. The van der Waals surface area contributed by atoms with Gasteiger partial charge in [-0.15, -0.1) is 0 Å². The number of benzene rings is 5. The van der Waals surface area contributed by atoms with Gasteiger partial charge < -0.3 is 18.8 Å². The van der Waals surface area contributed by atoms with E-state index in [4.69, 9.17) is 4.42 Å². The van der Waals surface area contributed by atoms with Crippen LogP contribution in [0.3, 0.4) is 0 Å². The highest BCUT2D eigenvalue weighted by atomic mass is 16.3. The first kappa shape index (κ1) is 48.2. The highest BCUT2D eigenvalue weighted by Crippen LogP contribution is 2.58. The molecule has 13 rings (SSSR count). The molecule has 0 bridgehead atoms. The molecule has 74 heavy (non-hydrogen) atoms. The zero-order chi connectivity index (χ0) is 52.4. The van der Waals surface area contributed by atoms with Crippen LogP contribution in [0.1, 0.15) is 213 Å². The van der Waals surface area contributed by atoms with Gasteiger partial charge in [-0.05, 0) is 196 Å². The summed E-state index contributed by atoms with van der Waals surface area (Å²) in [7, 11) is 0. The summed E-state index contributed by atoms with van der Waals surface area (Å²) in [5.74, 6) is 1.17. The van der Waals surface area contributed by atoms with Crippen molar-refractivity contribution in [2.24, 2.45) is 0 Å². The van der Waals surface area contributed by atoms with E-state index in [1.54, 1.807) is 0 Å². The molecular weight excluding hydrogens is 898 g/mol. The first-order valence-corrected chi connectivity index (χ1v) is 28.6. The molecule has 4 heterocycles. The molecule has 4 nitrogen and oxygen atoms in total. The third kappa shape index (κ3) is 6.58. The number of rotatable bonds is 3. The average molecular weight is 980 g/mol. The van der Waals surface area contributed by atoms with Crippen molar-refractivity contribution in [2.45, 2.75) is 212 Å². The number of nitrogens with zero attached hydrogens (tertiary/aromatic N) is 3. The third-order valence-corrected chi connectivity index (χ3v) is 20.7. The summed E-state index contributed by atoms with van der Waals surface area (Å²) in [6.07, 6.45) is 9.19. The molecule has 5 heteroatoms. The minimum absolute atomic E-state index is 0.0195. The van der Waals surface area contributed by atoms with Gasteiger partial charge in [-0.25, -0.2) is 0 Å². The normalized spacial score (nSPS) is 22.2. The van der Waals surface area contributed by atoms with Crippen molar-refractivity contribution in [2.75, 3.05) is 9.80 Å². The first-order chi connectivity index (χ1) is 34.5. The van der Waals surface area contributed by atoms with Crippen LogP contribution in [0.25, 0.3) is 16.6 Å². The Morgan fingerprint density at radius 1 is 0.432 bits per heavy atom. The van der Waals surface area contributed by atoms with E-state index >= 15 is 0 Å². The van der Waals surface area contributed by atoms with E-state index in [0.29, 0.717) is 0 Å². The fraction of sp³-hybridized carbons (Fsp3) is 0.478. The molecule has 0 atom stereocenters. The van der Waals surface area contributed by atoms with Gasteiger partial charge in [-0.3, -0.25) is 0 Å². The van der Waals surface area contributed by atoms with E-state index in [2.05, 4.69) is 223 Å². The molecule has 2 aromatic heterocycles. The van der Waals surface area contributed by atoms with Crippen molar-refractivity contribution in [1.82, 2.24) is 4.57 Å². The zero-order valence-corrected chi connectivity index (χ0v) is 48.1. The van der Waals surface area contributed by atoms with Crippen molar-refractivity contribution in [3.05, 3.63) is 141 Å². The number of aromatic nitrogens is 1. The minimum Gasteiger partial charge on any atom is -0.472 e. The van der Waals surface area contributed by atoms with Gasteiger partial charge in [0.1, 0.15) is 5.76 Å². The molecule has 0 spiro atoms. The highest BCUT2D eigenvalue weighted by Gasteiger charge is 2.54. The fourth-order valence-electron chi connectivity index (χ4n) is 15.7. The van der Waals surface area contributed by atoms with Gasteiger partial charge >= 0.3 is 0 Å². The standard InChI is InChI=1S/C69H82BN3O/c1-41-35-53-57-54(36-41)72(44-24-26-47-49(38-44)65(8,9)30-28-63(47,4)5)58-56-60(69(16,17)34-32-67(56,12)13)74-61(58)70(57)50-40-51-45(55-59(68(14,15)33-31-66(55,10)11)73(51)42-21-19-18-20-22-42)39-52(50)71(53)43-23-25-46-48(37-43)64(6,7)29-27-62(46,2)3/h18-26,35-40H,27-34H2,1-17H3. The van der Waals surface area contributed by atoms with Gasteiger partial charge in [-0.1, -0.05) is 141 Å². The number of hydrogen-bond donors (Lipinski definition) is 0. The van der Waals surface area contributed by atoms with Gasteiger partial charge in [-0.2, -0.15) is 0 Å². The lowest BCUT2D eigenvalue weighted by Crippen LogP contribution is -2.61. The average Bonchev–Trinajstić information content (AvgIpc) is 3.93. The van der Waals surface area contributed by atoms with E-state index in [9.17, 15) is 0 Å². The van der Waals surface area contributed by atoms with Gasteiger partial charge in [0.25, 0.3) is 6.71 Å². The Labute approximate surface area is 444 Å². The number of hydrogen-bond acceptors (Lipinski definition) is 3. The molecular formula is C69H82BN3O. The Kier molecular flexibility index (Phi) is 9.74. The molecule has 6 aliphatic rings.